The highest BCUT2D eigenvalue weighted by Crippen LogP contribution is 2.32. The maximum atomic E-state index is 12.6. The van der Waals surface area contributed by atoms with Crippen LogP contribution in [0.1, 0.15) is 10.5 Å². The Labute approximate surface area is 147 Å². The van der Waals surface area contributed by atoms with Gasteiger partial charge in [0.2, 0.25) is 0 Å². The number of fused-ring (bicyclic) bond motifs is 2. The lowest BCUT2D eigenvalue weighted by molar-refractivity contribution is 0.102. The number of amides is 1. The Balaban J connectivity index is 1.67. The Bertz CT molecular complexity index is 1050. The van der Waals surface area contributed by atoms with Crippen molar-refractivity contribution in [3.63, 3.8) is 0 Å². The third-order valence-corrected chi connectivity index (χ3v) is 4.83. The number of benzene rings is 2. The number of ether oxygens (including phenoxy) is 2. The molecule has 0 saturated heterocycles. The van der Waals surface area contributed by atoms with E-state index in [1.165, 1.54) is 11.3 Å². The molecule has 0 aliphatic heterocycles. The van der Waals surface area contributed by atoms with Crippen LogP contribution in [0.4, 0.5) is 5.13 Å². The number of para-hydroxylation sites is 1. The summed E-state index contributed by atoms with van der Waals surface area (Å²) in [5, 5.41) is 4.24. The molecule has 0 aliphatic carbocycles. The molecule has 126 valence electrons. The molecule has 6 nitrogen and oxygen atoms in total. The molecule has 25 heavy (non-hydrogen) atoms. The van der Waals surface area contributed by atoms with Gasteiger partial charge < -0.3 is 14.5 Å². The molecule has 4 rings (SSSR count). The number of anilines is 1. The first kappa shape index (κ1) is 15.5. The van der Waals surface area contributed by atoms with Gasteiger partial charge in [0.05, 0.1) is 30.0 Å². The molecule has 0 atom stereocenters. The van der Waals surface area contributed by atoms with Crippen LogP contribution in [-0.4, -0.2) is 30.1 Å². The van der Waals surface area contributed by atoms with Gasteiger partial charge in [0.15, 0.2) is 5.13 Å². The van der Waals surface area contributed by atoms with Crippen molar-refractivity contribution in [1.29, 1.82) is 0 Å². The van der Waals surface area contributed by atoms with Gasteiger partial charge in [-0.15, -0.1) is 0 Å². The normalized spacial score (nSPS) is 11.0. The molecule has 2 heterocycles. The molecule has 0 spiro atoms. The van der Waals surface area contributed by atoms with Crippen molar-refractivity contribution >= 4 is 43.5 Å². The third kappa shape index (κ3) is 2.78. The first-order chi connectivity index (χ1) is 12.2. The fourth-order valence-electron chi connectivity index (χ4n) is 2.68. The van der Waals surface area contributed by atoms with E-state index >= 15 is 0 Å². The van der Waals surface area contributed by atoms with Gasteiger partial charge in [-0.2, -0.15) is 0 Å². The summed E-state index contributed by atoms with van der Waals surface area (Å²) in [6.07, 6.45) is 0. The highest BCUT2D eigenvalue weighted by Gasteiger charge is 2.15. The van der Waals surface area contributed by atoms with Gasteiger partial charge in [0, 0.05) is 11.5 Å². The summed E-state index contributed by atoms with van der Waals surface area (Å²) in [6.45, 7) is 0. The Morgan fingerprint density at radius 1 is 1.16 bits per heavy atom. The highest BCUT2D eigenvalue weighted by molar-refractivity contribution is 7.22. The summed E-state index contributed by atoms with van der Waals surface area (Å²) in [7, 11) is 3.17. The molecule has 0 aliphatic rings. The van der Waals surface area contributed by atoms with Crippen LogP contribution in [0.25, 0.3) is 21.1 Å². The van der Waals surface area contributed by atoms with Crippen LogP contribution >= 0.6 is 11.3 Å². The zero-order valence-electron chi connectivity index (χ0n) is 13.6. The average molecular weight is 353 g/mol. The van der Waals surface area contributed by atoms with Gasteiger partial charge in [-0.1, -0.05) is 23.5 Å². The van der Waals surface area contributed by atoms with Crippen molar-refractivity contribution in [2.75, 3.05) is 19.5 Å². The second-order valence-electron chi connectivity index (χ2n) is 5.42. The van der Waals surface area contributed by atoms with E-state index in [4.69, 9.17) is 9.47 Å². The lowest BCUT2D eigenvalue weighted by Gasteiger charge is -2.05. The number of hydrogen-bond donors (Lipinski definition) is 2. The molecular weight excluding hydrogens is 338 g/mol. The van der Waals surface area contributed by atoms with Crippen LogP contribution < -0.4 is 14.8 Å². The summed E-state index contributed by atoms with van der Waals surface area (Å²) in [5.41, 5.74) is 2.05. The number of carbonyl (C=O) groups excluding carboxylic acids is 1. The van der Waals surface area contributed by atoms with Crippen molar-refractivity contribution in [2.45, 2.75) is 0 Å². The monoisotopic (exact) mass is 353 g/mol. The SMILES string of the molecule is COc1cc(OC)c2[nH]c(C(=O)Nc3nc4ccccc4s3)cc2c1. The van der Waals surface area contributed by atoms with E-state index in [0.717, 1.165) is 21.1 Å². The number of aromatic nitrogens is 2. The number of H-pyrrole nitrogens is 1. The van der Waals surface area contributed by atoms with E-state index in [-0.39, 0.29) is 5.91 Å². The largest absolute Gasteiger partial charge is 0.497 e. The molecule has 4 aromatic rings. The van der Waals surface area contributed by atoms with Gasteiger partial charge in [0.25, 0.3) is 5.91 Å². The van der Waals surface area contributed by atoms with Gasteiger partial charge in [-0.05, 0) is 24.3 Å². The molecule has 2 N–H and O–H groups in total. The zero-order valence-corrected chi connectivity index (χ0v) is 14.4. The van der Waals surface area contributed by atoms with E-state index in [9.17, 15) is 4.79 Å². The van der Waals surface area contributed by atoms with Crippen molar-refractivity contribution in [2.24, 2.45) is 0 Å². The first-order valence-electron chi connectivity index (χ1n) is 7.59. The summed E-state index contributed by atoms with van der Waals surface area (Å²) in [6, 6.07) is 13.2. The molecule has 0 radical (unpaired) electrons. The lowest BCUT2D eigenvalue weighted by Crippen LogP contribution is -2.11. The third-order valence-electron chi connectivity index (χ3n) is 3.88. The first-order valence-corrected chi connectivity index (χ1v) is 8.41. The van der Waals surface area contributed by atoms with Gasteiger partial charge in [-0.3, -0.25) is 10.1 Å². The predicted octanol–water partition coefficient (Wildman–Crippen LogP) is 4.05. The minimum absolute atomic E-state index is 0.253. The van der Waals surface area contributed by atoms with Crippen molar-refractivity contribution in [3.05, 3.63) is 48.2 Å². The fourth-order valence-corrected chi connectivity index (χ4v) is 3.54. The Kier molecular flexibility index (Phi) is 3.77. The molecule has 2 aromatic carbocycles. The lowest BCUT2D eigenvalue weighted by atomic mass is 10.2. The molecule has 0 unspecified atom stereocenters. The smallest absolute Gasteiger partial charge is 0.273 e. The number of thiazole rings is 1. The minimum atomic E-state index is -0.253. The molecule has 2 aromatic heterocycles. The second-order valence-corrected chi connectivity index (χ2v) is 6.45. The minimum Gasteiger partial charge on any atom is -0.497 e. The maximum absolute atomic E-state index is 12.6. The molecule has 7 heteroatoms. The van der Waals surface area contributed by atoms with Crippen LogP contribution in [0.5, 0.6) is 11.5 Å². The Hall–Kier alpha value is -3.06. The van der Waals surface area contributed by atoms with Crippen LogP contribution in [0.2, 0.25) is 0 Å². The van der Waals surface area contributed by atoms with E-state index in [2.05, 4.69) is 15.3 Å². The number of hydrogen-bond acceptors (Lipinski definition) is 5. The van der Waals surface area contributed by atoms with E-state index in [1.54, 1.807) is 26.4 Å². The zero-order chi connectivity index (χ0) is 17.4. The van der Waals surface area contributed by atoms with Crippen LogP contribution in [0.3, 0.4) is 0 Å². The number of nitrogens with one attached hydrogen (secondary N) is 2. The molecule has 0 bridgehead atoms. The number of methoxy groups -OCH3 is 2. The number of nitrogens with zero attached hydrogens (tertiary/aromatic N) is 1. The highest BCUT2D eigenvalue weighted by atomic mass is 32.1. The van der Waals surface area contributed by atoms with Crippen LogP contribution in [0.15, 0.2) is 42.5 Å². The molecular formula is C18H15N3O3S. The Morgan fingerprint density at radius 3 is 2.76 bits per heavy atom. The standard InChI is InChI=1S/C18H15N3O3S/c1-23-11-7-10-8-13(19-16(10)14(9-11)24-2)17(22)21-18-20-12-5-3-4-6-15(12)25-18/h3-9,19H,1-2H3,(H,20,21,22). The van der Waals surface area contributed by atoms with Gasteiger partial charge in [-0.25, -0.2) is 4.98 Å². The number of aromatic amines is 1. The Morgan fingerprint density at radius 2 is 2.00 bits per heavy atom. The number of rotatable bonds is 4. The summed E-state index contributed by atoms with van der Waals surface area (Å²) in [4.78, 5) is 20.1. The van der Waals surface area contributed by atoms with E-state index in [1.807, 2.05) is 30.3 Å². The fraction of sp³-hybridized carbons (Fsp3) is 0.111. The topological polar surface area (TPSA) is 76.2 Å². The second kappa shape index (κ2) is 6.10. The van der Waals surface area contributed by atoms with E-state index in [0.29, 0.717) is 22.3 Å². The predicted molar refractivity (Wildman–Crippen MR) is 99.0 cm³/mol. The maximum Gasteiger partial charge on any atom is 0.273 e. The van der Waals surface area contributed by atoms with E-state index < -0.39 is 0 Å². The molecule has 0 saturated carbocycles. The van der Waals surface area contributed by atoms with Crippen molar-refractivity contribution < 1.29 is 14.3 Å². The summed E-state index contributed by atoms with van der Waals surface area (Å²) in [5.74, 6) is 1.03. The van der Waals surface area contributed by atoms with Crippen LogP contribution in [0, 0.1) is 0 Å². The summed E-state index contributed by atoms with van der Waals surface area (Å²) >= 11 is 1.44. The molecule has 0 fully saturated rings. The average Bonchev–Trinajstić information content (AvgIpc) is 3.23. The number of carbonyl (C=O) groups is 1. The van der Waals surface area contributed by atoms with Crippen LogP contribution in [-0.2, 0) is 0 Å². The van der Waals surface area contributed by atoms with Crippen molar-refractivity contribution in [1.82, 2.24) is 9.97 Å². The molecule has 1 amide bonds. The summed E-state index contributed by atoms with van der Waals surface area (Å²) < 4.78 is 11.7. The van der Waals surface area contributed by atoms with Gasteiger partial charge >= 0.3 is 0 Å². The van der Waals surface area contributed by atoms with Gasteiger partial charge in [0.1, 0.15) is 17.2 Å². The van der Waals surface area contributed by atoms with Crippen molar-refractivity contribution in [3.8, 4) is 11.5 Å². The quantitative estimate of drug-likeness (QED) is 0.580.